The zero-order valence-electron chi connectivity index (χ0n) is 13.0. The number of fused-ring (bicyclic) bond motifs is 1. The Hall–Kier alpha value is -2.44. The Balaban J connectivity index is 1.45. The molecule has 7 nitrogen and oxygen atoms in total. The van der Waals surface area contributed by atoms with Crippen LogP contribution < -0.4 is 5.32 Å². The molecular formula is C16H19N5O2. The van der Waals surface area contributed by atoms with Gasteiger partial charge in [-0.1, -0.05) is 0 Å². The second-order valence-corrected chi connectivity index (χ2v) is 6.31. The number of hydrogen-bond donors (Lipinski definition) is 1. The van der Waals surface area contributed by atoms with E-state index in [9.17, 15) is 4.79 Å². The summed E-state index contributed by atoms with van der Waals surface area (Å²) in [6, 6.07) is 0.341. The van der Waals surface area contributed by atoms with Crippen LogP contribution >= 0.6 is 0 Å². The molecule has 1 N–H and O–H groups in total. The molecule has 7 heteroatoms. The van der Waals surface area contributed by atoms with Gasteiger partial charge < -0.3 is 14.6 Å². The maximum atomic E-state index is 12.6. The van der Waals surface area contributed by atoms with E-state index >= 15 is 0 Å². The van der Waals surface area contributed by atoms with E-state index in [0.29, 0.717) is 29.3 Å². The van der Waals surface area contributed by atoms with Crippen molar-refractivity contribution < 1.29 is 9.21 Å². The lowest BCUT2D eigenvalue weighted by molar-refractivity contribution is 0.0773. The number of oxazole rings is 1. The normalized spacial score (nSPS) is 26.3. The number of hydrogen-bond acceptors (Lipinski definition) is 6. The molecule has 0 aromatic carbocycles. The Morgan fingerprint density at radius 3 is 2.96 bits per heavy atom. The Morgan fingerprint density at radius 1 is 1.30 bits per heavy atom. The first-order valence-electron chi connectivity index (χ1n) is 7.94. The second kappa shape index (κ2) is 5.64. The van der Waals surface area contributed by atoms with Gasteiger partial charge in [-0.15, -0.1) is 0 Å². The van der Waals surface area contributed by atoms with Gasteiger partial charge in [0.2, 0.25) is 0 Å². The highest BCUT2D eigenvalue weighted by atomic mass is 16.3. The summed E-state index contributed by atoms with van der Waals surface area (Å²) in [6.45, 7) is 3.33. The predicted molar refractivity (Wildman–Crippen MR) is 82.8 cm³/mol. The Labute approximate surface area is 134 Å². The summed E-state index contributed by atoms with van der Waals surface area (Å²) in [4.78, 5) is 26.9. The van der Waals surface area contributed by atoms with Gasteiger partial charge in [-0.25, -0.2) is 9.97 Å². The lowest BCUT2D eigenvalue weighted by atomic mass is 9.98. The zero-order valence-corrected chi connectivity index (χ0v) is 13.0. The molecule has 4 rings (SSSR count). The smallest absolute Gasteiger partial charge is 0.276 e. The van der Waals surface area contributed by atoms with Gasteiger partial charge in [-0.3, -0.25) is 9.78 Å². The van der Waals surface area contributed by atoms with Gasteiger partial charge in [0, 0.05) is 37.4 Å². The van der Waals surface area contributed by atoms with Crippen molar-refractivity contribution in [2.75, 3.05) is 18.4 Å². The molecule has 0 bridgehead atoms. The minimum Gasteiger partial charge on any atom is -0.448 e. The second-order valence-electron chi connectivity index (χ2n) is 6.31. The molecule has 23 heavy (non-hydrogen) atoms. The third-order valence-corrected chi connectivity index (χ3v) is 4.99. The maximum absolute atomic E-state index is 12.6. The van der Waals surface area contributed by atoms with Crippen LogP contribution in [0.3, 0.4) is 0 Å². The van der Waals surface area contributed by atoms with Crippen LogP contribution in [-0.2, 0) is 0 Å². The standard InChI is InChI=1S/C16H19N5O2/c1-10-15(19-9-23-10)16(22)21-7-11-2-3-13(12(11)8-21)20-14-6-17-4-5-18-14/h4-6,9,11-13H,2-3,7-8H2,1H3,(H,18,20)/t11-,12+,13+/m0/s1. The molecule has 2 fully saturated rings. The molecule has 2 aromatic heterocycles. The summed E-state index contributed by atoms with van der Waals surface area (Å²) in [7, 11) is 0. The highest BCUT2D eigenvalue weighted by Crippen LogP contribution is 2.39. The lowest BCUT2D eigenvalue weighted by Crippen LogP contribution is -2.33. The molecule has 2 aromatic rings. The quantitative estimate of drug-likeness (QED) is 0.929. The van der Waals surface area contributed by atoms with E-state index in [2.05, 4.69) is 20.3 Å². The van der Waals surface area contributed by atoms with Gasteiger partial charge in [0.15, 0.2) is 12.1 Å². The minimum atomic E-state index is -0.0242. The first-order chi connectivity index (χ1) is 11.2. The summed E-state index contributed by atoms with van der Waals surface area (Å²) >= 11 is 0. The highest BCUT2D eigenvalue weighted by molar-refractivity contribution is 5.93. The molecule has 0 spiro atoms. The fraction of sp³-hybridized carbons (Fsp3) is 0.500. The van der Waals surface area contributed by atoms with Crippen LogP contribution in [0.25, 0.3) is 0 Å². The topological polar surface area (TPSA) is 84.2 Å². The number of aromatic nitrogens is 3. The van der Waals surface area contributed by atoms with Crippen molar-refractivity contribution in [3.8, 4) is 0 Å². The first kappa shape index (κ1) is 14.2. The van der Waals surface area contributed by atoms with Crippen LogP contribution in [-0.4, -0.2) is 44.9 Å². The Bertz CT molecular complexity index is 702. The summed E-state index contributed by atoms with van der Waals surface area (Å²) in [5, 5.41) is 3.47. The number of nitrogens with one attached hydrogen (secondary N) is 1. The maximum Gasteiger partial charge on any atom is 0.276 e. The van der Waals surface area contributed by atoms with Gasteiger partial charge in [-0.05, 0) is 25.7 Å². The lowest BCUT2D eigenvalue weighted by Gasteiger charge is -2.21. The first-order valence-corrected chi connectivity index (χ1v) is 7.94. The molecule has 3 atom stereocenters. The average Bonchev–Trinajstić information content (AvgIpc) is 3.25. The summed E-state index contributed by atoms with van der Waals surface area (Å²) in [5.41, 5.74) is 0.434. The molecule has 2 aliphatic rings. The van der Waals surface area contributed by atoms with Crippen molar-refractivity contribution in [1.82, 2.24) is 19.9 Å². The van der Waals surface area contributed by atoms with Crippen LogP contribution in [0, 0.1) is 18.8 Å². The summed E-state index contributed by atoms with van der Waals surface area (Å²) in [6.07, 6.45) is 8.66. The van der Waals surface area contributed by atoms with Gasteiger partial charge in [0.25, 0.3) is 5.91 Å². The van der Waals surface area contributed by atoms with Crippen molar-refractivity contribution >= 4 is 11.7 Å². The van der Waals surface area contributed by atoms with Crippen molar-refractivity contribution in [2.24, 2.45) is 11.8 Å². The molecule has 1 saturated heterocycles. The molecule has 1 aliphatic carbocycles. The van der Waals surface area contributed by atoms with Gasteiger partial charge in [0.1, 0.15) is 11.6 Å². The Morgan fingerprint density at radius 2 is 2.22 bits per heavy atom. The number of likely N-dealkylation sites (tertiary alicyclic amines) is 1. The van der Waals surface area contributed by atoms with E-state index in [0.717, 1.165) is 31.7 Å². The molecule has 1 aliphatic heterocycles. The fourth-order valence-electron chi connectivity index (χ4n) is 3.83. The minimum absolute atomic E-state index is 0.0242. The number of rotatable bonds is 3. The monoisotopic (exact) mass is 313 g/mol. The number of aryl methyl sites for hydroxylation is 1. The number of carbonyl (C=O) groups excluding carboxylic acids is 1. The van der Waals surface area contributed by atoms with E-state index in [1.54, 1.807) is 25.5 Å². The Kier molecular flexibility index (Phi) is 3.48. The van der Waals surface area contributed by atoms with Crippen LogP contribution in [0.4, 0.5) is 5.82 Å². The van der Waals surface area contributed by atoms with E-state index < -0.39 is 0 Å². The highest BCUT2D eigenvalue weighted by Gasteiger charge is 2.44. The number of anilines is 1. The molecule has 1 saturated carbocycles. The fourth-order valence-corrected chi connectivity index (χ4v) is 3.83. The van der Waals surface area contributed by atoms with E-state index in [4.69, 9.17) is 4.42 Å². The van der Waals surface area contributed by atoms with Gasteiger partial charge in [-0.2, -0.15) is 0 Å². The van der Waals surface area contributed by atoms with Crippen molar-refractivity contribution in [3.63, 3.8) is 0 Å². The zero-order chi connectivity index (χ0) is 15.8. The van der Waals surface area contributed by atoms with Crippen LogP contribution in [0.15, 0.2) is 29.4 Å². The molecule has 1 amide bonds. The third kappa shape index (κ3) is 2.56. The van der Waals surface area contributed by atoms with Crippen LogP contribution in [0.5, 0.6) is 0 Å². The van der Waals surface area contributed by atoms with Crippen molar-refractivity contribution in [1.29, 1.82) is 0 Å². The SMILES string of the molecule is Cc1ocnc1C(=O)N1C[C@@H]2CC[C@@H](Nc3cnccn3)[C@@H]2C1. The number of nitrogens with zero attached hydrogens (tertiary/aromatic N) is 4. The largest absolute Gasteiger partial charge is 0.448 e. The summed E-state index contributed by atoms with van der Waals surface area (Å²) < 4.78 is 5.15. The molecule has 0 radical (unpaired) electrons. The average molecular weight is 313 g/mol. The van der Waals surface area contributed by atoms with Gasteiger partial charge in [0.05, 0.1) is 6.20 Å². The predicted octanol–water partition coefficient (Wildman–Crippen LogP) is 1.74. The van der Waals surface area contributed by atoms with Crippen LogP contribution in [0.1, 0.15) is 29.1 Å². The third-order valence-electron chi connectivity index (χ3n) is 4.99. The van der Waals surface area contributed by atoms with Crippen molar-refractivity contribution in [2.45, 2.75) is 25.8 Å². The van der Waals surface area contributed by atoms with Gasteiger partial charge >= 0.3 is 0 Å². The van der Waals surface area contributed by atoms with E-state index in [1.807, 2.05) is 4.90 Å². The molecule has 120 valence electrons. The number of carbonyl (C=O) groups is 1. The van der Waals surface area contributed by atoms with E-state index in [1.165, 1.54) is 6.39 Å². The van der Waals surface area contributed by atoms with E-state index in [-0.39, 0.29) is 5.91 Å². The summed E-state index contributed by atoms with van der Waals surface area (Å²) in [5.74, 6) is 2.36. The molecular weight excluding hydrogens is 294 g/mol. The molecule has 0 unspecified atom stereocenters. The van der Waals surface area contributed by atoms with Crippen molar-refractivity contribution in [3.05, 3.63) is 36.4 Å². The number of amides is 1. The molecule has 3 heterocycles. The van der Waals surface area contributed by atoms with Crippen LogP contribution in [0.2, 0.25) is 0 Å².